The van der Waals surface area contributed by atoms with Crippen molar-refractivity contribution in [3.63, 3.8) is 0 Å². The predicted molar refractivity (Wildman–Crippen MR) is 94.3 cm³/mol. The highest BCUT2D eigenvalue weighted by molar-refractivity contribution is 5.37. The normalized spacial score (nSPS) is 21.3. The number of fused-ring (bicyclic) bond motifs is 1. The van der Waals surface area contributed by atoms with Crippen LogP contribution in [0.1, 0.15) is 37.3 Å². The molecule has 0 radical (unpaired) electrons. The van der Waals surface area contributed by atoms with Crippen LogP contribution in [0.5, 0.6) is 5.75 Å². The lowest BCUT2D eigenvalue weighted by Crippen LogP contribution is -2.44. The summed E-state index contributed by atoms with van der Waals surface area (Å²) >= 11 is 0. The van der Waals surface area contributed by atoms with Gasteiger partial charge in [-0.25, -0.2) is 14.4 Å². The molecule has 1 atom stereocenters. The molecule has 1 unspecified atom stereocenters. The van der Waals surface area contributed by atoms with Crippen LogP contribution in [-0.4, -0.2) is 35.7 Å². The van der Waals surface area contributed by atoms with Gasteiger partial charge in [0.15, 0.2) is 0 Å². The molecule has 0 aliphatic carbocycles. The number of piperidine rings is 1. The topological polar surface area (TPSA) is 50.3 Å². The van der Waals surface area contributed by atoms with E-state index in [1.54, 1.807) is 24.5 Å². The van der Waals surface area contributed by atoms with Crippen LogP contribution in [0.4, 0.5) is 10.3 Å². The third-order valence-electron chi connectivity index (χ3n) is 5.01. The van der Waals surface area contributed by atoms with E-state index < -0.39 is 0 Å². The van der Waals surface area contributed by atoms with Gasteiger partial charge in [0.1, 0.15) is 11.6 Å². The van der Waals surface area contributed by atoms with E-state index in [2.05, 4.69) is 20.2 Å². The molecule has 25 heavy (non-hydrogen) atoms. The van der Waals surface area contributed by atoms with Gasteiger partial charge in [0, 0.05) is 43.1 Å². The summed E-state index contributed by atoms with van der Waals surface area (Å²) in [4.78, 5) is 10.9. The molecule has 1 fully saturated rings. The Morgan fingerprint density at radius 3 is 2.72 bits per heavy atom. The second-order valence-electron chi connectivity index (χ2n) is 6.70. The van der Waals surface area contributed by atoms with Gasteiger partial charge in [0.05, 0.1) is 6.61 Å². The maximum absolute atomic E-state index is 13.7. The van der Waals surface area contributed by atoms with Crippen molar-refractivity contribution in [1.29, 1.82) is 0 Å². The molecule has 6 heteroatoms. The Labute approximate surface area is 147 Å². The molecule has 5 nitrogen and oxygen atoms in total. The fourth-order valence-electron chi connectivity index (χ4n) is 3.71. The summed E-state index contributed by atoms with van der Waals surface area (Å²) in [5.41, 5.74) is 0.950. The van der Waals surface area contributed by atoms with Crippen molar-refractivity contribution in [2.45, 2.75) is 37.8 Å². The maximum atomic E-state index is 13.7. The first kappa shape index (κ1) is 16.3. The van der Waals surface area contributed by atoms with Crippen LogP contribution in [0.3, 0.4) is 0 Å². The Morgan fingerprint density at radius 2 is 1.92 bits per heavy atom. The number of hydrogen-bond donors (Lipinski definition) is 1. The van der Waals surface area contributed by atoms with Gasteiger partial charge in [0.25, 0.3) is 0 Å². The monoisotopic (exact) mass is 342 g/mol. The molecule has 0 spiro atoms. The molecule has 0 saturated carbocycles. The average molecular weight is 342 g/mol. The SMILES string of the molecule is Fc1ccc2c(c1)C(NC1CCN(c3ncccn3)CC1)CCCO2. The summed E-state index contributed by atoms with van der Waals surface area (Å²) in [5, 5.41) is 3.74. The van der Waals surface area contributed by atoms with Crippen LogP contribution in [0, 0.1) is 5.82 Å². The van der Waals surface area contributed by atoms with Crippen molar-refractivity contribution in [1.82, 2.24) is 15.3 Å². The number of nitrogens with one attached hydrogen (secondary N) is 1. The number of rotatable bonds is 3. The molecule has 1 N–H and O–H groups in total. The minimum Gasteiger partial charge on any atom is -0.493 e. The van der Waals surface area contributed by atoms with Gasteiger partial charge in [-0.05, 0) is 49.9 Å². The Hall–Kier alpha value is -2.21. The molecular formula is C19H23FN4O. The van der Waals surface area contributed by atoms with Crippen LogP contribution in [0.2, 0.25) is 0 Å². The third-order valence-corrected chi connectivity index (χ3v) is 5.01. The second kappa shape index (κ2) is 7.35. The van der Waals surface area contributed by atoms with Crippen LogP contribution in [-0.2, 0) is 0 Å². The van der Waals surface area contributed by atoms with Gasteiger partial charge in [-0.15, -0.1) is 0 Å². The smallest absolute Gasteiger partial charge is 0.225 e. The highest BCUT2D eigenvalue weighted by Crippen LogP contribution is 2.33. The lowest BCUT2D eigenvalue weighted by atomic mass is 9.98. The van der Waals surface area contributed by atoms with Crippen LogP contribution in [0.25, 0.3) is 0 Å². The maximum Gasteiger partial charge on any atom is 0.225 e. The number of aromatic nitrogens is 2. The van der Waals surface area contributed by atoms with Crippen molar-refractivity contribution in [2.24, 2.45) is 0 Å². The van der Waals surface area contributed by atoms with Crippen molar-refractivity contribution in [2.75, 3.05) is 24.6 Å². The average Bonchev–Trinajstić information content (AvgIpc) is 2.85. The molecule has 1 aromatic heterocycles. The number of benzene rings is 1. The molecule has 2 aliphatic rings. The fourth-order valence-corrected chi connectivity index (χ4v) is 3.71. The number of nitrogens with zero attached hydrogens (tertiary/aromatic N) is 3. The zero-order chi connectivity index (χ0) is 17.1. The largest absolute Gasteiger partial charge is 0.493 e. The molecule has 4 rings (SSSR count). The standard InChI is InChI=1S/C19H23FN4O/c20-14-4-5-18-16(13-14)17(3-1-12-25-18)23-15-6-10-24(11-7-15)19-21-8-2-9-22-19/h2,4-5,8-9,13,15,17,23H,1,3,6-7,10-12H2. The van der Waals surface area contributed by atoms with Crippen molar-refractivity contribution < 1.29 is 9.13 Å². The van der Waals surface area contributed by atoms with Crippen LogP contribution in [0.15, 0.2) is 36.7 Å². The first-order valence-electron chi connectivity index (χ1n) is 9.00. The first-order chi connectivity index (χ1) is 12.3. The lowest BCUT2D eigenvalue weighted by Gasteiger charge is -2.34. The number of hydrogen-bond acceptors (Lipinski definition) is 5. The lowest BCUT2D eigenvalue weighted by molar-refractivity contribution is 0.312. The Bertz CT molecular complexity index is 704. The molecule has 0 bridgehead atoms. The Balaban J connectivity index is 1.41. The first-order valence-corrected chi connectivity index (χ1v) is 9.00. The van der Waals surface area contributed by atoms with E-state index in [1.165, 1.54) is 6.07 Å². The van der Waals surface area contributed by atoms with E-state index >= 15 is 0 Å². The third kappa shape index (κ3) is 3.74. The van der Waals surface area contributed by atoms with Gasteiger partial charge in [-0.2, -0.15) is 0 Å². The summed E-state index contributed by atoms with van der Waals surface area (Å²) in [6.07, 6.45) is 7.57. The summed E-state index contributed by atoms with van der Waals surface area (Å²) < 4.78 is 19.5. The fraction of sp³-hybridized carbons (Fsp3) is 0.474. The summed E-state index contributed by atoms with van der Waals surface area (Å²) in [6, 6.07) is 7.24. The summed E-state index contributed by atoms with van der Waals surface area (Å²) in [6.45, 7) is 2.56. The van der Waals surface area contributed by atoms with Gasteiger partial charge >= 0.3 is 0 Å². The van der Waals surface area contributed by atoms with Crippen molar-refractivity contribution in [3.05, 3.63) is 48.0 Å². The predicted octanol–water partition coefficient (Wildman–Crippen LogP) is 3.09. The minimum absolute atomic E-state index is 0.151. The van der Waals surface area contributed by atoms with Crippen molar-refractivity contribution in [3.8, 4) is 5.75 Å². The molecule has 2 aliphatic heterocycles. The van der Waals surface area contributed by atoms with Gasteiger partial charge in [-0.3, -0.25) is 0 Å². The minimum atomic E-state index is -0.202. The van der Waals surface area contributed by atoms with E-state index in [0.717, 1.165) is 56.0 Å². The molecule has 1 aromatic carbocycles. The Kier molecular flexibility index (Phi) is 4.78. The van der Waals surface area contributed by atoms with E-state index in [4.69, 9.17) is 4.74 Å². The van der Waals surface area contributed by atoms with E-state index in [9.17, 15) is 4.39 Å². The van der Waals surface area contributed by atoms with E-state index in [0.29, 0.717) is 12.6 Å². The summed E-state index contributed by atoms with van der Waals surface area (Å²) in [7, 11) is 0. The highest BCUT2D eigenvalue weighted by Gasteiger charge is 2.26. The zero-order valence-electron chi connectivity index (χ0n) is 14.2. The van der Waals surface area contributed by atoms with Gasteiger partial charge in [0.2, 0.25) is 5.95 Å². The number of anilines is 1. The molecule has 0 amide bonds. The zero-order valence-corrected chi connectivity index (χ0v) is 14.2. The molecular weight excluding hydrogens is 319 g/mol. The van der Waals surface area contributed by atoms with Crippen LogP contribution < -0.4 is 15.0 Å². The van der Waals surface area contributed by atoms with Crippen LogP contribution >= 0.6 is 0 Å². The van der Waals surface area contributed by atoms with E-state index in [-0.39, 0.29) is 11.9 Å². The molecule has 2 aromatic rings. The van der Waals surface area contributed by atoms with Gasteiger partial charge < -0.3 is 15.0 Å². The quantitative estimate of drug-likeness (QED) is 0.929. The number of ether oxygens (including phenoxy) is 1. The van der Waals surface area contributed by atoms with Gasteiger partial charge in [-0.1, -0.05) is 0 Å². The summed E-state index contributed by atoms with van der Waals surface area (Å²) in [5.74, 6) is 1.41. The number of halogens is 1. The Morgan fingerprint density at radius 1 is 1.12 bits per heavy atom. The molecule has 3 heterocycles. The highest BCUT2D eigenvalue weighted by atomic mass is 19.1. The van der Waals surface area contributed by atoms with Crippen molar-refractivity contribution >= 4 is 5.95 Å². The molecule has 132 valence electrons. The molecule has 1 saturated heterocycles. The van der Waals surface area contributed by atoms with E-state index in [1.807, 2.05) is 6.07 Å². The second-order valence-corrected chi connectivity index (χ2v) is 6.70.